The fraction of sp³-hybridized carbons (Fsp3) is 0.889. The minimum absolute atomic E-state index is 0.0533. The lowest BCUT2D eigenvalue weighted by atomic mass is 10.5. The Labute approximate surface area is 79.8 Å². The zero-order valence-corrected chi connectivity index (χ0v) is 8.71. The number of methoxy groups -OCH3 is 1. The molecule has 0 atom stereocenters. The average Bonchev–Trinajstić information content (AvgIpc) is 2.18. The minimum atomic E-state index is -0.320. The van der Waals surface area contributed by atoms with Gasteiger partial charge in [-0.05, 0) is 13.1 Å². The molecule has 0 aliphatic carbocycles. The zero-order chi connectivity index (χ0) is 10.1. The van der Waals surface area contributed by atoms with Gasteiger partial charge in [0.1, 0.15) is 6.61 Å². The van der Waals surface area contributed by atoms with Crippen LogP contribution in [0.3, 0.4) is 0 Å². The predicted octanol–water partition coefficient (Wildman–Crippen LogP) is 0.518. The lowest BCUT2D eigenvalue weighted by Crippen LogP contribution is -2.27. The fourth-order valence-corrected chi connectivity index (χ4v) is 0.948. The van der Waals surface area contributed by atoms with E-state index in [1.54, 1.807) is 0 Å². The molecule has 0 aliphatic rings. The summed E-state index contributed by atoms with van der Waals surface area (Å²) < 4.78 is 9.54. The third-order valence-electron chi connectivity index (χ3n) is 1.89. The van der Waals surface area contributed by atoms with Gasteiger partial charge in [-0.1, -0.05) is 13.8 Å². The van der Waals surface area contributed by atoms with Gasteiger partial charge in [-0.2, -0.15) is 0 Å². The summed E-state index contributed by atoms with van der Waals surface area (Å²) in [7, 11) is 1.36. The second-order valence-corrected chi connectivity index (χ2v) is 2.66. The van der Waals surface area contributed by atoms with Crippen LogP contribution in [0.2, 0.25) is 0 Å². The third kappa shape index (κ3) is 6.54. The quantitative estimate of drug-likeness (QED) is 0.432. The number of rotatable bonds is 7. The molecule has 4 heteroatoms. The Morgan fingerprint density at radius 2 is 1.92 bits per heavy atom. The summed E-state index contributed by atoms with van der Waals surface area (Å²) in [4.78, 5) is 12.9. The molecule has 0 saturated heterocycles. The van der Waals surface area contributed by atoms with Crippen LogP contribution in [0.15, 0.2) is 0 Å². The van der Waals surface area contributed by atoms with Crippen molar-refractivity contribution in [3.05, 3.63) is 0 Å². The molecule has 0 spiro atoms. The summed E-state index contributed by atoms with van der Waals surface area (Å²) in [6.45, 7) is 7.72. The van der Waals surface area contributed by atoms with Gasteiger partial charge in [0.05, 0.1) is 13.7 Å². The van der Waals surface area contributed by atoms with E-state index in [9.17, 15) is 4.79 Å². The molecule has 0 bridgehead atoms. The molecule has 0 unspecified atom stereocenters. The van der Waals surface area contributed by atoms with Gasteiger partial charge in [0.2, 0.25) is 0 Å². The first-order chi connectivity index (χ1) is 6.24. The standard InChI is InChI=1S/C9H19NO3/c1-4-10(5-2)6-7-13-8-9(11)12-3/h4-8H2,1-3H3. The Morgan fingerprint density at radius 1 is 1.31 bits per heavy atom. The molecule has 0 radical (unpaired) electrons. The highest BCUT2D eigenvalue weighted by atomic mass is 16.6. The molecular formula is C9H19NO3. The van der Waals surface area contributed by atoms with Crippen LogP contribution in [0.4, 0.5) is 0 Å². The zero-order valence-electron chi connectivity index (χ0n) is 8.71. The van der Waals surface area contributed by atoms with Crippen LogP contribution < -0.4 is 0 Å². The van der Waals surface area contributed by atoms with Gasteiger partial charge in [-0.15, -0.1) is 0 Å². The number of esters is 1. The molecule has 13 heavy (non-hydrogen) atoms. The highest BCUT2D eigenvalue weighted by molar-refractivity contribution is 5.70. The molecule has 78 valence electrons. The van der Waals surface area contributed by atoms with Gasteiger partial charge in [-0.25, -0.2) is 4.79 Å². The summed E-state index contributed by atoms with van der Waals surface area (Å²) in [5, 5.41) is 0. The second-order valence-electron chi connectivity index (χ2n) is 2.66. The van der Waals surface area contributed by atoms with Crippen LogP contribution >= 0.6 is 0 Å². The van der Waals surface area contributed by atoms with Crippen molar-refractivity contribution in [3.63, 3.8) is 0 Å². The van der Waals surface area contributed by atoms with E-state index in [4.69, 9.17) is 4.74 Å². The Balaban J connectivity index is 3.28. The number of hydrogen-bond donors (Lipinski definition) is 0. The molecular weight excluding hydrogens is 170 g/mol. The largest absolute Gasteiger partial charge is 0.467 e. The second kappa shape index (κ2) is 8.01. The summed E-state index contributed by atoms with van der Waals surface area (Å²) in [6, 6.07) is 0. The topological polar surface area (TPSA) is 38.8 Å². The fourth-order valence-electron chi connectivity index (χ4n) is 0.948. The van der Waals surface area contributed by atoms with Crippen LogP contribution in [-0.2, 0) is 14.3 Å². The molecule has 0 rings (SSSR count). The maximum Gasteiger partial charge on any atom is 0.331 e. The first-order valence-corrected chi connectivity index (χ1v) is 4.61. The van der Waals surface area contributed by atoms with Crippen LogP contribution in [0.25, 0.3) is 0 Å². The molecule has 0 heterocycles. The number of carbonyl (C=O) groups is 1. The van der Waals surface area contributed by atoms with Gasteiger partial charge in [0.15, 0.2) is 0 Å². The van der Waals surface area contributed by atoms with Crippen LogP contribution in [0, 0.1) is 0 Å². The summed E-state index contributed by atoms with van der Waals surface area (Å²) in [5.41, 5.74) is 0. The lowest BCUT2D eigenvalue weighted by Gasteiger charge is -2.17. The van der Waals surface area contributed by atoms with E-state index in [0.717, 1.165) is 19.6 Å². The monoisotopic (exact) mass is 189 g/mol. The van der Waals surface area contributed by atoms with E-state index in [1.807, 2.05) is 0 Å². The highest BCUT2D eigenvalue weighted by Gasteiger charge is 2.01. The van der Waals surface area contributed by atoms with Crippen LogP contribution in [0.5, 0.6) is 0 Å². The molecule has 4 nitrogen and oxygen atoms in total. The molecule has 0 aromatic heterocycles. The van der Waals surface area contributed by atoms with Gasteiger partial charge < -0.3 is 14.4 Å². The van der Waals surface area contributed by atoms with E-state index in [2.05, 4.69) is 23.5 Å². The van der Waals surface area contributed by atoms with Crippen molar-refractivity contribution >= 4 is 5.97 Å². The minimum Gasteiger partial charge on any atom is -0.467 e. The van der Waals surface area contributed by atoms with Crippen molar-refractivity contribution in [2.45, 2.75) is 13.8 Å². The van der Waals surface area contributed by atoms with Crippen LogP contribution in [-0.4, -0.2) is 50.8 Å². The van der Waals surface area contributed by atoms with Crippen molar-refractivity contribution in [3.8, 4) is 0 Å². The normalized spacial score (nSPS) is 10.5. The first kappa shape index (κ1) is 12.4. The van der Waals surface area contributed by atoms with Crippen molar-refractivity contribution in [1.29, 1.82) is 0 Å². The van der Waals surface area contributed by atoms with E-state index in [1.165, 1.54) is 7.11 Å². The molecule has 0 aromatic carbocycles. The Hall–Kier alpha value is -0.610. The number of nitrogens with zero attached hydrogens (tertiary/aromatic N) is 1. The van der Waals surface area contributed by atoms with Crippen molar-refractivity contribution in [2.24, 2.45) is 0 Å². The molecule has 0 aromatic rings. The van der Waals surface area contributed by atoms with Crippen molar-refractivity contribution < 1.29 is 14.3 Å². The molecule has 0 aliphatic heterocycles. The maximum absolute atomic E-state index is 10.6. The first-order valence-electron chi connectivity index (χ1n) is 4.61. The molecule has 0 N–H and O–H groups in total. The average molecular weight is 189 g/mol. The smallest absolute Gasteiger partial charge is 0.331 e. The van der Waals surface area contributed by atoms with E-state index >= 15 is 0 Å². The van der Waals surface area contributed by atoms with Gasteiger partial charge in [0.25, 0.3) is 0 Å². The number of hydrogen-bond acceptors (Lipinski definition) is 4. The highest BCUT2D eigenvalue weighted by Crippen LogP contribution is 1.87. The van der Waals surface area contributed by atoms with E-state index in [0.29, 0.717) is 6.61 Å². The SMILES string of the molecule is CCN(CC)CCOCC(=O)OC. The number of ether oxygens (including phenoxy) is 2. The maximum atomic E-state index is 10.6. The van der Waals surface area contributed by atoms with Gasteiger partial charge in [0, 0.05) is 6.54 Å². The molecule has 0 fully saturated rings. The molecule has 0 amide bonds. The number of likely N-dealkylation sites (N-methyl/N-ethyl adjacent to an activating group) is 1. The molecule has 0 saturated carbocycles. The van der Waals surface area contributed by atoms with Crippen molar-refractivity contribution in [2.75, 3.05) is 40.0 Å². The lowest BCUT2D eigenvalue weighted by molar-refractivity contribution is -0.146. The Kier molecular flexibility index (Phi) is 7.63. The Bertz CT molecular complexity index is 135. The third-order valence-corrected chi connectivity index (χ3v) is 1.89. The van der Waals surface area contributed by atoms with Gasteiger partial charge >= 0.3 is 5.97 Å². The summed E-state index contributed by atoms with van der Waals surface area (Å²) in [5.74, 6) is -0.320. The van der Waals surface area contributed by atoms with Crippen molar-refractivity contribution in [1.82, 2.24) is 4.90 Å². The van der Waals surface area contributed by atoms with E-state index < -0.39 is 0 Å². The van der Waals surface area contributed by atoms with E-state index in [-0.39, 0.29) is 12.6 Å². The van der Waals surface area contributed by atoms with Gasteiger partial charge in [-0.3, -0.25) is 0 Å². The van der Waals surface area contributed by atoms with Crippen LogP contribution in [0.1, 0.15) is 13.8 Å². The summed E-state index contributed by atoms with van der Waals surface area (Å²) >= 11 is 0. The Morgan fingerprint density at radius 3 is 2.38 bits per heavy atom. The predicted molar refractivity (Wildman–Crippen MR) is 50.6 cm³/mol. The summed E-state index contributed by atoms with van der Waals surface area (Å²) in [6.07, 6.45) is 0. The number of carbonyl (C=O) groups excluding carboxylic acids is 1.